The average Bonchev–Trinajstić information content (AvgIpc) is 2.31. The smallest absolute Gasteiger partial charge is 0.339 e. The van der Waals surface area contributed by atoms with Gasteiger partial charge in [-0.1, -0.05) is 13.8 Å². The van der Waals surface area contributed by atoms with E-state index in [1.807, 2.05) is 19.9 Å². The number of piperidine rings is 1. The molecule has 1 aliphatic rings. The lowest BCUT2D eigenvalue weighted by Crippen LogP contribution is -2.39. The molecule has 1 saturated heterocycles. The van der Waals surface area contributed by atoms with Crippen LogP contribution in [-0.2, 0) is 0 Å². The maximum Gasteiger partial charge on any atom is 0.339 e. The Morgan fingerprint density at radius 1 is 1.37 bits per heavy atom. The first-order valence-corrected chi connectivity index (χ1v) is 6.86. The summed E-state index contributed by atoms with van der Waals surface area (Å²) in [6.07, 6.45) is 1.09. The second-order valence-electron chi connectivity index (χ2n) is 5.77. The minimum absolute atomic E-state index is 0.354. The van der Waals surface area contributed by atoms with Crippen LogP contribution >= 0.6 is 0 Å². The number of pyridine rings is 1. The molecule has 0 radical (unpaired) electrons. The molecular formula is C15H22N2O2. The number of carboxylic acid groups (broad SMARTS) is 1. The normalized spacial score (nSPS) is 23.5. The molecule has 1 fully saturated rings. The Morgan fingerprint density at radius 2 is 2.05 bits per heavy atom. The molecule has 0 amide bonds. The Balaban J connectivity index is 2.41. The highest BCUT2D eigenvalue weighted by molar-refractivity contribution is 5.95. The van der Waals surface area contributed by atoms with E-state index in [4.69, 9.17) is 0 Å². The van der Waals surface area contributed by atoms with Crippen LogP contribution in [0.2, 0.25) is 0 Å². The molecule has 0 saturated carbocycles. The number of rotatable bonds is 2. The summed E-state index contributed by atoms with van der Waals surface area (Å²) in [5.41, 5.74) is 2.03. The first kappa shape index (κ1) is 13.8. The molecule has 1 aromatic rings. The van der Waals surface area contributed by atoms with Gasteiger partial charge < -0.3 is 10.0 Å². The zero-order chi connectivity index (χ0) is 14.2. The molecule has 4 nitrogen and oxygen atoms in total. The SMILES string of the molecule is Cc1cc(C)c(C(=O)O)c(N2CCC(C)C(C)C2)n1. The lowest BCUT2D eigenvalue weighted by Gasteiger charge is -2.36. The van der Waals surface area contributed by atoms with Gasteiger partial charge in [-0.15, -0.1) is 0 Å². The second kappa shape index (κ2) is 5.19. The maximum absolute atomic E-state index is 11.5. The van der Waals surface area contributed by atoms with Gasteiger partial charge in [0.05, 0.1) is 0 Å². The van der Waals surface area contributed by atoms with Gasteiger partial charge in [0.25, 0.3) is 0 Å². The van der Waals surface area contributed by atoms with Crippen LogP contribution in [0.25, 0.3) is 0 Å². The number of anilines is 1. The van der Waals surface area contributed by atoms with E-state index < -0.39 is 5.97 Å². The molecule has 0 bridgehead atoms. The first-order chi connectivity index (χ1) is 8.90. The summed E-state index contributed by atoms with van der Waals surface area (Å²) in [7, 11) is 0. The molecule has 0 aliphatic carbocycles. The number of aromatic carboxylic acids is 1. The third kappa shape index (κ3) is 2.72. The fourth-order valence-electron chi connectivity index (χ4n) is 2.77. The van der Waals surface area contributed by atoms with Crippen molar-refractivity contribution in [1.82, 2.24) is 4.98 Å². The van der Waals surface area contributed by atoms with Crippen LogP contribution in [0.15, 0.2) is 6.07 Å². The van der Waals surface area contributed by atoms with Crippen LogP contribution < -0.4 is 4.90 Å². The van der Waals surface area contributed by atoms with Crippen LogP contribution in [0.5, 0.6) is 0 Å². The van der Waals surface area contributed by atoms with Gasteiger partial charge in [-0.05, 0) is 43.7 Å². The largest absolute Gasteiger partial charge is 0.478 e. The molecule has 0 aromatic carbocycles. The van der Waals surface area contributed by atoms with Crippen molar-refractivity contribution < 1.29 is 9.90 Å². The van der Waals surface area contributed by atoms with E-state index in [-0.39, 0.29) is 0 Å². The second-order valence-corrected chi connectivity index (χ2v) is 5.77. The highest BCUT2D eigenvalue weighted by atomic mass is 16.4. The van der Waals surface area contributed by atoms with E-state index in [9.17, 15) is 9.90 Å². The molecule has 1 aliphatic heterocycles. The fraction of sp³-hybridized carbons (Fsp3) is 0.600. The van der Waals surface area contributed by atoms with E-state index in [1.54, 1.807) is 0 Å². The van der Waals surface area contributed by atoms with Crippen molar-refractivity contribution in [2.24, 2.45) is 11.8 Å². The van der Waals surface area contributed by atoms with Crippen molar-refractivity contribution in [2.45, 2.75) is 34.1 Å². The van der Waals surface area contributed by atoms with Crippen molar-refractivity contribution in [3.63, 3.8) is 0 Å². The van der Waals surface area contributed by atoms with Crippen molar-refractivity contribution in [3.05, 3.63) is 22.9 Å². The predicted octanol–water partition coefficient (Wildman–Crippen LogP) is 2.88. The van der Waals surface area contributed by atoms with Gasteiger partial charge in [0.1, 0.15) is 11.4 Å². The van der Waals surface area contributed by atoms with Crippen molar-refractivity contribution in [3.8, 4) is 0 Å². The minimum atomic E-state index is -0.883. The third-order valence-corrected chi connectivity index (χ3v) is 4.17. The predicted molar refractivity (Wildman–Crippen MR) is 75.8 cm³/mol. The Labute approximate surface area is 114 Å². The lowest BCUT2D eigenvalue weighted by atomic mass is 9.88. The monoisotopic (exact) mass is 262 g/mol. The van der Waals surface area contributed by atoms with E-state index in [2.05, 4.69) is 23.7 Å². The molecule has 0 spiro atoms. The summed E-state index contributed by atoms with van der Waals surface area (Å²) in [5, 5.41) is 9.42. The zero-order valence-electron chi connectivity index (χ0n) is 12.1. The van der Waals surface area contributed by atoms with Gasteiger partial charge in [-0.25, -0.2) is 9.78 Å². The number of aromatic nitrogens is 1. The van der Waals surface area contributed by atoms with Crippen LogP contribution in [-0.4, -0.2) is 29.1 Å². The molecular weight excluding hydrogens is 240 g/mol. The molecule has 2 atom stereocenters. The molecule has 104 valence electrons. The minimum Gasteiger partial charge on any atom is -0.478 e. The molecule has 2 heterocycles. The average molecular weight is 262 g/mol. The van der Waals surface area contributed by atoms with Gasteiger partial charge in [-0.2, -0.15) is 0 Å². The standard InChI is InChI=1S/C15H22N2O2/c1-9-5-6-17(8-11(9)3)14-13(15(18)19)10(2)7-12(4)16-14/h7,9,11H,5-6,8H2,1-4H3,(H,18,19). The third-order valence-electron chi connectivity index (χ3n) is 4.17. The fourth-order valence-corrected chi connectivity index (χ4v) is 2.77. The molecule has 2 rings (SSSR count). The van der Waals surface area contributed by atoms with Crippen molar-refractivity contribution >= 4 is 11.8 Å². The number of hydrogen-bond donors (Lipinski definition) is 1. The first-order valence-electron chi connectivity index (χ1n) is 6.86. The lowest BCUT2D eigenvalue weighted by molar-refractivity contribution is 0.0696. The number of carboxylic acids is 1. The Bertz CT molecular complexity index is 499. The summed E-state index contributed by atoms with van der Waals surface area (Å²) in [6, 6.07) is 1.84. The molecule has 2 unspecified atom stereocenters. The summed E-state index contributed by atoms with van der Waals surface area (Å²) >= 11 is 0. The van der Waals surface area contributed by atoms with Crippen molar-refractivity contribution in [1.29, 1.82) is 0 Å². The Morgan fingerprint density at radius 3 is 2.63 bits per heavy atom. The van der Waals surface area contributed by atoms with Crippen LogP contribution in [0.1, 0.15) is 41.9 Å². The van der Waals surface area contributed by atoms with Gasteiger partial charge in [0.15, 0.2) is 0 Å². The van der Waals surface area contributed by atoms with Gasteiger partial charge in [0, 0.05) is 18.8 Å². The van der Waals surface area contributed by atoms with Gasteiger partial charge >= 0.3 is 5.97 Å². The van der Waals surface area contributed by atoms with E-state index in [0.717, 1.165) is 30.8 Å². The maximum atomic E-state index is 11.5. The summed E-state index contributed by atoms with van der Waals surface area (Å²) < 4.78 is 0. The number of carbonyl (C=O) groups is 1. The van der Waals surface area contributed by atoms with E-state index in [1.165, 1.54) is 0 Å². The summed E-state index contributed by atoms with van der Waals surface area (Å²) in [4.78, 5) is 18.1. The molecule has 1 aromatic heterocycles. The molecule has 4 heteroatoms. The Kier molecular flexibility index (Phi) is 3.78. The zero-order valence-corrected chi connectivity index (χ0v) is 12.1. The quantitative estimate of drug-likeness (QED) is 0.890. The number of nitrogens with zero attached hydrogens (tertiary/aromatic N) is 2. The molecule has 1 N–H and O–H groups in total. The molecule has 19 heavy (non-hydrogen) atoms. The summed E-state index contributed by atoms with van der Waals surface area (Å²) in [5.74, 6) is 1.02. The Hall–Kier alpha value is -1.58. The summed E-state index contributed by atoms with van der Waals surface area (Å²) in [6.45, 7) is 10.0. The van der Waals surface area contributed by atoms with Gasteiger partial charge in [-0.3, -0.25) is 0 Å². The highest BCUT2D eigenvalue weighted by Gasteiger charge is 2.27. The topological polar surface area (TPSA) is 53.4 Å². The van der Waals surface area contributed by atoms with Crippen LogP contribution in [0.4, 0.5) is 5.82 Å². The van der Waals surface area contributed by atoms with Crippen LogP contribution in [0, 0.1) is 25.7 Å². The van der Waals surface area contributed by atoms with Crippen LogP contribution in [0.3, 0.4) is 0 Å². The van der Waals surface area contributed by atoms with Gasteiger partial charge in [0.2, 0.25) is 0 Å². The van der Waals surface area contributed by atoms with Crippen molar-refractivity contribution in [2.75, 3.05) is 18.0 Å². The number of hydrogen-bond acceptors (Lipinski definition) is 3. The highest BCUT2D eigenvalue weighted by Crippen LogP contribution is 2.29. The van der Waals surface area contributed by atoms with E-state index in [0.29, 0.717) is 23.2 Å². The van der Waals surface area contributed by atoms with E-state index >= 15 is 0 Å². The number of aryl methyl sites for hydroxylation is 2.